The monoisotopic (exact) mass is 208 g/mol. The predicted octanol–water partition coefficient (Wildman–Crippen LogP) is 1.09. The lowest BCUT2D eigenvalue weighted by atomic mass is 9.95. The number of rotatable bonds is 0. The molecule has 1 aliphatic carbocycles. The summed E-state index contributed by atoms with van der Waals surface area (Å²) in [7, 11) is 0. The summed E-state index contributed by atoms with van der Waals surface area (Å²) in [4.78, 5) is 13.5. The largest absolute Gasteiger partial charge is 0.356 e. The number of nitrogens with one attached hydrogen (secondary N) is 1. The first kappa shape index (κ1) is 8.95. The number of nitrogens with zero attached hydrogens (tertiary/aromatic N) is 1. The minimum atomic E-state index is -0.295. The third kappa shape index (κ3) is 1.14. The van der Waals surface area contributed by atoms with Crippen molar-refractivity contribution in [2.75, 3.05) is 13.1 Å². The van der Waals surface area contributed by atoms with Crippen LogP contribution in [0.4, 0.5) is 4.39 Å². The average Bonchev–Trinajstić information content (AvgIpc) is 2.55. The van der Waals surface area contributed by atoms with Gasteiger partial charge in [0.2, 0.25) is 0 Å². The molecule has 1 amide bonds. The Morgan fingerprint density at radius 3 is 3.27 bits per heavy atom. The first-order valence-electron chi connectivity index (χ1n) is 5.44. The van der Waals surface area contributed by atoms with Crippen LogP contribution in [0.25, 0.3) is 0 Å². The van der Waals surface area contributed by atoms with Gasteiger partial charge in [-0.05, 0) is 19.3 Å². The minimum absolute atomic E-state index is 0.125. The van der Waals surface area contributed by atoms with E-state index in [9.17, 15) is 9.18 Å². The minimum Gasteiger partial charge on any atom is -0.356 e. The third-order valence-electron chi connectivity index (χ3n) is 3.38. The Kier molecular flexibility index (Phi) is 1.84. The standard InChI is InChI=1S/C11H13FN2O/c12-9-7-3-1-2-4-8(7)14-6-5-13-11(15)10(9)14/h3,8H,1-2,4-6H2,(H,13,15). The van der Waals surface area contributed by atoms with Gasteiger partial charge in [-0.25, -0.2) is 4.39 Å². The number of allylic oxidation sites excluding steroid dienone is 1. The second kappa shape index (κ2) is 3.08. The van der Waals surface area contributed by atoms with E-state index in [0.717, 1.165) is 31.4 Å². The average molecular weight is 208 g/mol. The van der Waals surface area contributed by atoms with E-state index in [1.54, 1.807) is 0 Å². The zero-order valence-electron chi connectivity index (χ0n) is 8.42. The molecule has 1 unspecified atom stereocenters. The van der Waals surface area contributed by atoms with Gasteiger partial charge in [-0.3, -0.25) is 4.79 Å². The Labute approximate surface area is 87.6 Å². The van der Waals surface area contributed by atoms with Crippen LogP contribution in [0.1, 0.15) is 19.3 Å². The molecule has 3 aliphatic rings. The number of carbonyl (C=O) groups excluding carboxylic acids is 1. The third-order valence-corrected chi connectivity index (χ3v) is 3.38. The summed E-state index contributed by atoms with van der Waals surface area (Å²) in [5, 5.41) is 2.69. The van der Waals surface area contributed by atoms with Crippen LogP contribution in [-0.2, 0) is 4.79 Å². The van der Waals surface area contributed by atoms with Gasteiger partial charge in [0.25, 0.3) is 5.91 Å². The number of amides is 1. The van der Waals surface area contributed by atoms with Crippen molar-refractivity contribution >= 4 is 5.91 Å². The van der Waals surface area contributed by atoms with Crippen LogP contribution in [0.3, 0.4) is 0 Å². The molecule has 1 atom stereocenters. The topological polar surface area (TPSA) is 32.3 Å². The van der Waals surface area contributed by atoms with Crippen LogP contribution in [0.5, 0.6) is 0 Å². The van der Waals surface area contributed by atoms with Crippen LogP contribution >= 0.6 is 0 Å². The maximum atomic E-state index is 14.0. The molecule has 0 aromatic heterocycles. The fraction of sp³-hybridized carbons (Fsp3) is 0.545. The van der Waals surface area contributed by atoms with Crippen molar-refractivity contribution in [3.05, 3.63) is 23.2 Å². The molecule has 2 aliphatic heterocycles. The zero-order valence-corrected chi connectivity index (χ0v) is 8.42. The first-order valence-corrected chi connectivity index (χ1v) is 5.44. The molecule has 0 bridgehead atoms. The Morgan fingerprint density at radius 1 is 1.53 bits per heavy atom. The van der Waals surface area contributed by atoms with Crippen LogP contribution in [0.15, 0.2) is 23.2 Å². The predicted molar refractivity (Wildman–Crippen MR) is 53.6 cm³/mol. The van der Waals surface area contributed by atoms with Gasteiger partial charge in [0.05, 0.1) is 6.04 Å². The van der Waals surface area contributed by atoms with Crippen molar-refractivity contribution in [1.29, 1.82) is 0 Å². The molecule has 0 aromatic rings. The summed E-state index contributed by atoms with van der Waals surface area (Å²) in [5.41, 5.74) is 1.01. The summed E-state index contributed by atoms with van der Waals surface area (Å²) in [6.45, 7) is 1.36. The van der Waals surface area contributed by atoms with E-state index in [1.807, 2.05) is 11.0 Å². The number of hydrogen-bond donors (Lipinski definition) is 1. The van der Waals surface area contributed by atoms with Crippen LogP contribution in [0.2, 0.25) is 0 Å². The summed E-state index contributed by atoms with van der Waals surface area (Å²) < 4.78 is 14.0. The number of piperazine rings is 1. The van der Waals surface area contributed by atoms with Crippen molar-refractivity contribution in [1.82, 2.24) is 10.2 Å². The van der Waals surface area contributed by atoms with E-state index in [-0.39, 0.29) is 23.5 Å². The first-order chi connectivity index (χ1) is 7.29. The molecule has 3 nitrogen and oxygen atoms in total. The number of halogens is 1. The highest BCUT2D eigenvalue weighted by atomic mass is 19.1. The van der Waals surface area contributed by atoms with Gasteiger partial charge in [-0.1, -0.05) is 6.08 Å². The lowest BCUT2D eigenvalue weighted by Gasteiger charge is -2.33. The summed E-state index contributed by atoms with van der Waals surface area (Å²) >= 11 is 0. The summed E-state index contributed by atoms with van der Waals surface area (Å²) in [5.74, 6) is -0.550. The molecule has 0 aromatic carbocycles. The quantitative estimate of drug-likeness (QED) is 0.646. The molecule has 2 heterocycles. The molecule has 4 heteroatoms. The fourth-order valence-electron chi connectivity index (χ4n) is 2.71. The number of hydrogen-bond acceptors (Lipinski definition) is 2. The molecule has 1 N–H and O–H groups in total. The highest BCUT2D eigenvalue weighted by molar-refractivity contribution is 5.96. The van der Waals surface area contributed by atoms with Crippen LogP contribution in [0, 0.1) is 0 Å². The molecule has 1 fully saturated rings. The second-order valence-corrected chi connectivity index (χ2v) is 4.22. The molecule has 0 spiro atoms. The summed E-state index contributed by atoms with van der Waals surface area (Å²) in [6.07, 6.45) is 4.94. The van der Waals surface area contributed by atoms with Gasteiger partial charge in [0, 0.05) is 18.7 Å². The van der Waals surface area contributed by atoms with Crippen LogP contribution in [-0.4, -0.2) is 29.9 Å². The molecule has 3 rings (SSSR count). The Hall–Kier alpha value is -1.32. The van der Waals surface area contributed by atoms with Gasteiger partial charge in [0.1, 0.15) is 5.70 Å². The lowest BCUT2D eigenvalue weighted by molar-refractivity contribution is -0.120. The number of carbonyl (C=O) groups is 1. The van der Waals surface area contributed by atoms with E-state index in [4.69, 9.17) is 0 Å². The molecule has 0 saturated carbocycles. The maximum Gasteiger partial charge on any atom is 0.270 e. The molecule has 80 valence electrons. The smallest absolute Gasteiger partial charge is 0.270 e. The van der Waals surface area contributed by atoms with Gasteiger partial charge < -0.3 is 10.2 Å². The van der Waals surface area contributed by atoms with Crippen molar-refractivity contribution < 1.29 is 9.18 Å². The van der Waals surface area contributed by atoms with E-state index in [2.05, 4.69) is 5.32 Å². The lowest BCUT2D eigenvalue weighted by Crippen LogP contribution is -2.47. The highest BCUT2D eigenvalue weighted by Crippen LogP contribution is 2.40. The fourth-order valence-corrected chi connectivity index (χ4v) is 2.71. The molecular formula is C11H13FN2O. The Balaban J connectivity index is 2.07. The highest BCUT2D eigenvalue weighted by Gasteiger charge is 2.42. The van der Waals surface area contributed by atoms with Crippen molar-refractivity contribution in [3.8, 4) is 0 Å². The van der Waals surface area contributed by atoms with Crippen molar-refractivity contribution in [2.24, 2.45) is 0 Å². The molecule has 1 saturated heterocycles. The second-order valence-electron chi connectivity index (χ2n) is 4.22. The molecular weight excluding hydrogens is 195 g/mol. The maximum absolute atomic E-state index is 14.0. The molecule has 15 heavy (non-hydrogen) atoms. The Morgan fingerprint density at radius 2 is 2.40 bits per heavy atom. The van der Waals surface area contributed by atoms with Gasteiger partial charge in [-0.15, -0.1) is 0 Å². The summed E-state index contributed by atoms with van der Waals surface area (Å²) in [6, 6.07) is 0.125. The van der Waals surface area contributed by atoms with E-state index >= 15 is 0 Å². The van der Waals surface area contributed by atoms with Crippen molar-refractivity contribution in [2.45, 2.75) is 25.3 Å². The van der Waals surface area contributed by atoms with Crippen LogP contribution < -0.4 is 5.32 Å². The normalized spacial score (nSPS) is 29.7. The number of fused-ring (bicyclic) bond motifs is 3. The van der Waals surface area contributed by atoms with E-state index in [0.29, 0.717) is 6.54 Å². The molecule has 0 radical (unpaired) electrons. The van der Waals surface area contributed by atoms with Crippen molar-refractivity contribution in [3.63, 3.8) is 0 Å². The van der Waals surface area contributed by atoms with Gasteiger partial charge >= 0.3 is 0 Å². The van der Waals surface area contributed by atoms with Gasteiger partial charge in [0.15, 0.2) is 5.83 Å². The van der Waals surface area contributed by atoms with E-state index in [1.165, 1.54) is 0 Å². The zero-order chi connectivity index (χ0) is 10.4. The van der Waals surface area contributed by atoms with E-state index < -0.39 is 0 Å². The van der Waals surface area contributed by atoms with Gasteiger partial charge in [-0.2, -0.15) is 0 Å². The Bertz CT molecular complexity index is 386. The SMILES string of the molecule is O=C1NCCN2C1=C(F)C1=CCCCC12.